The summed E-state index contributed by atoms with van der Waals surface area (Å²) in [4.78, 5) is 0. The molecular weight excluding hydrogens is 306 g/mol. The second kappa shape index (κ2) is 5.69. The van der Waals surface area contributed by atoms with Crippen LogP contribution in [-0.4, -0.2) is 6.54 Å². The summed E-state index contributed by atoms with van der Waals surface area (Å²) in [5.74, 6) is 0. The van der Waals surface area contributed by atoms with Crippen molar-refractivity contribution in [2.45, 2.75) is 13.0 Å². The highest BCUT2D eigenvalue weighted by Gasteiger charge is 2.03. The maximum absolute atomic E-state index is 3.78. The van der Waals surface area contributed by atoms with Crippen LogP contribution in [0.3, 0.4) is 0 Å². The monoisotopic (exact) mass is 317 g/mol. The van der Waals surface area contributed by atoms with E-state index in [9.17, 15) is 0 Å². The van der Waals surface area contributed by atoms with Crippen molar-refractivity contribution in [2.75, 3.05) is 6.54 Å². The van der Waals surface area contributed by atoms with Gasteiger partial charge in [0.1, 0.15) is 0 Å². The molecular formula is C11H13Br2N. The molecule has 14 heavy (non-hydrogen) atoms. The molecule has 3 heteroatoms. The molecule has 0 unspecified atom stereocenters. The second-order valence-electron chi connectivity index (χ2n) is 3.17. The summed E-state index contributed by atoms with van der Waals surface area (Å²) in [6.07, 6.45) is 0. The van der Waals surface area contributed by atoms with E-state index in [2.05, 4.69) is 74.9 Å². The molecule has 0 aromatic heterocycles. The quantitative estimate of drug-likeness (QED) is 0.884. The summed E-state index contributed by atoms with van der Waals surface area (Å²) in [5.41, 5.74) is 1.28. The molecule has 0 amide bonds. The van der Waals surface area contributed by atoms with Crippen LogP contribution in [0.25, 0.3) is 0 Å². The second-order valence-corrected chi connectivity index (χ2v) is 5.21. The van der Waals surface area contributed by atoms with Gasteiger partial charge in [-0.25, -0.2) is 0 Å². The van der Waals surface area contributed by atoms with E-state index in [4.69, 9.17) is 0 Å². The fraction of sp³-hybridized carbons (Fsp3) is 0.273. The number of halogens is 2. The van der Waals surface area contributed by atoms with Gasteiger partial charge in [0.15, 0.2) is 0 Å². The molecule has 1 nitrogen and oxygen atoms in total. The minimum Gasteiger partial charge on any atom is -0.306 e. The Labute approximate surface area is 102 Å². The van der Waals surface area contributed by atoms with Crippen LogP contribution in [0.15, 0.2) is 39.8 Å². The topological polar surface area (TPSA) is 12.0 Å². The summed E-state index contributed by atoms with van der Waals surface area (Å²) >= 11 is 6.74. The maximum atomic E-state index is 3.78. The van der Waals surface area contributed by atoms with E-state index in [0.717, 1.165) is 15.5 Å². The lowest BCUT2D eigenvalue weighted by Crippen LogP contribution is -2.19. The summed E-state index contributed by atoms with van der Waals surface area (Å²) < 4.78 is 2.08. The van der Waals surface area contributed by atoms with Gasteiger partial charge in [0, 0.05) is 21.5 Å². The molecule has 1 N–H and O–H groups in total. The Hall–Kier alpha value is -0.120. The van der Waals surface area contributed by atoms with Crippen molar-refractivity contribution in [1.29, 1.82) is 0 Å². The normalized spacial score (nSPS) is 12.5. The van der Waals surface area contributed by atoms with Gasteiger partial charge in [-0.05, 0) is 24.6 Å². The molecule has 0 fully saturated rings. The molecule has 0 radical (unpaired) electrons. The lowest BCUT2D eigenvalue weighted by atomic mass is 10.1. The first-order valence-corrected chi connectivity index (χ1v) is 6.00. The highest BCUT2D eigenvalue weighted by molar-refractivity contribution is 9.11. The van der Waals surface area contributed by atoms with Gasteiger partial charge >= 0.3 is 0 Å². The van der Waals surface area contributed by atoms with Crippen molar-refractivity contribution in [2.24, 2.45) is 0 Å². The minimum absolute atomic E-state index is 0.345. The standard InChI is InChI=1S/C11H13Br2N/c1-8(12)7-14-9(2)10-3-5-11(13)6-4-10/h3-6,9,14H,1,7H2,2H3/t9-/m1/s1. The van der Waals surface area contributed by atoms with Crippen LogP contribution in [0.2, 0.25) is 0 Å². The zero-order valence-corrected chi connectivity index (χ0v) is 11.2. The molecule has 1 aromatic carbocycles. The van der Waals surface area contributed by atoms with Gasteiger partial charge in [0.25, 0.3) is 0 Å². The molecule has 0 aliphatic carbocycles. The van der Waals surface area contributed by atoms with E-state index in [1.165, 1.54) is 5.56 Å². The summed E-state index contributed by atoms with van der Waals surface area (Å²) in [6, 6.07) is 8.67. The third-order valence-corrected chi connectivity index (χ3v) is 2.78. The van der Waals surface area contributed by atoms with E-state index < -0.39 is 0 Å². The molecule has 0 saturated carbocycles. The van der Waals surface area contributed by atoms with Crippen molar-refractivity contribution >= 4 is 31.9 Å². The Morgan fingerprint density at radius 2 is 2.00 bits per heavy atom. The number of hydrogen-bond acceptors (Lipinski definition) is 1. The van der Waals surface area contributed by atoms with Crippen LogP contribution < -0.4 is 5.32 Å². The Balaban J connectivity index is 2.56. The van der Waals surface area contributed by atoms with Crippen molar-refractivity contribution in [3.05, 3.63) is 45.4 Å². The van der Waals surface area contributed by atoms with Gasteiger partial charge < -0.3 is 5.32 Å². The van der Waals surface area contributed by atoms with Crippen LogP contribution in [0.1, 0.15) is 18.5 Å². The zero-order valence-electron chi connectivity index (χ0n) is 8.06. The average Bonchev–Trinajstić information content (AvgIpc) is 2.15. The first kappa shape index (κ1) is 12.0. The van der Waals surface area contributed by atoms with E-state index in [-0.39, 0.29) is 0 Å². The first-order chi connectivity index (χ1) is 6.59. The Bertz CT molecular complexity index is 306. The molecule has 0 heterocycles. The fourth-order valence-electron chi connectivity index (χ4n) is 1.13. The number of hydrogen-bond donors (Lipinski definition) is 1. The van der Waals surface area contributed by atoms with Gasteiger partial charge in [-0.15, -0.1) is 0 Å². The number of benzene rings is 1. The van der Waals surface area contributed by atoms with Crippen molar-refractivity contribution < 1.29 is 0 Å². The zero-order chi connectivity index (χ0) is 10.6. The number of rotatable bonds is 4. The molecule has 0 aliphatic heterocycles. The predicted octanol–water partition coefficient (Wildman–Crippen LogP) is 4.01. The Morgan fingerprint density at radius 1 is 1.43 bits per heavy atom. The largest absolute Gasteiger partial charge is 0.306 e. The third kappa shape index (κ3) is 3.95. The van der Waals surface area contributed by atoms with E-state index in [1.54, 1.807) is 0 Å². The van der Waals surface area contributed by atoms with E-state index in [1.807, 2.05) is 0 Å². The van der Waals surface area contributed by atoms with Gasteiger partial charge in [0.2, 0.25) is 0 Å². The van der Waals surface area contributed by atoms with Gasteiger partial charge in [0.05, 0.1) is 0 Å². The molecule has 1 rings (SSSR count). The highest BCUT2D eigenvalue weighted by atomic mass is 79.9. The minimum atomic E-state index is 0.345. The predicted molar refractivity (Wildman–Crippen MR) is 68.6 cm³/mol. The molecule has 0 aliphatic rings. The molecule has 1 atom stereocenters. The highest BCUT2D eigenvalue weighted by Crippen LogP contribution is 2.16. The van der Waals surface area contributed by atoms with Gasteiger partial charge in [-0.2, -0.15) is 0 Å². The van der Waals surface area contributed by atoms with Gasteiger partial charge in [-0.1, -0.05) is 50.6 Å². The number of nitrogens with one attached hydrogen (secondary N) is 1. The third-order valence-electron chi connectivity index (χ3n) is 1.97. The lowest BCUT2D eigenvalue weighted by molar-refractivity contribution is 0.616. The first-order valence-electron chi connectivity index (χ1n) is 4.41. The van der Waals surface area contributed by atoms with Crippen molar-refractivity contribution in [3.8, 4) is 0 Å². The van der Waals surface area contributed by atoms with Crippen molar-refractivity contribution in [3.63, 3.8) is 0 Å². The van der Waals surface area contributed by atoms with Crippen LogP contribution in [0.5, 0.6) is 0 Å². The van der Waals surface area contributed by atoms with Crippen molar-refractivity contribution in [1.82, 2.24) is 5.32 Å². The fourth-order valence-corrected chi connectivity index (χ4v) is 1.56. The Morgan fingerprint density at radius 3 is 2.50 bits per heavy atom. The molecule has 0 bridgehead atoms. The summed E-state index contributed by atoms with van der Waals surface area (Å²) in [6.45, 7) is 6.71. The summed E-state index contributed by atoms with van der Waals surface area (Å²) in [5, 5.41) is 3.36. The molecule has 76 valence electrons. The van der Waals surface area contributed by atoms with Crippen LogP contribution in [-0.2, 0) is 0 Å². The van der Waals surface area contributed by atoms with E-state index in [0.29, 0.717) is 6.04 Å². The average molecular weight is 319 g/mol. The maximum Gasteiger partial charge on any atom is 0.0295 e. The molecule has 0 spiro atoms. The SMILES string of the molecule is C=C(Br)CN[C@H](C)c1ccc(Br)cc1. The van der Waals surface area contributed by atoms with E-state index >= 15 is 0 Å². The van der Waals surface area contributed by atoms with Crippen LogP contribution >= 0.6 is 31.9 Å². The Kier molecular flexibility index (Phi) is 4.85. The van der Waals surface area contributed by atoms with Gasteiger partial charge in [-0.3, -0.25) is 0 Å². The molecule has 0 saturated heterocycles. The summed E-state index contributed by atoms with van der Waals surface area (Å²) in [7, 11) is 0. The van der Waals surface area contributed by atoms with Crippen LogP contribution in [0, 0.1) is 0 Å². The van der Waals surface area contributed by atoms with Crippen LogP contribution in [0.4, 0.5) is 0 Å². The lowest BCUT2D eigenvalue weighted by Gasteiger charge is -2.13. The smallest absolute Gasteiger partial charge is 0.0295 e. The molecule has 1 aromatic rings.